The molecule has 18 N–H and O–H groups in total. The number of benzene rings is 1. The van der Waals surface area contributed by atoms with Crippen LogP contribution in [-0.4, -0.2) is 145 Å². The van der Waals surface area contributed by atoms with Gasteiger partial charge in [-0.2, -0.15) is 25.3 Å². The first-order chi connectivity index (χ1) is 31.0. The van der Waals surface area contributed by atoms with E-state index in [1.807, 2.05) is 24.3 Å². The maximum Gasteiger partial charge on any atom is 0.327 e. The van der Waals surface area contributed by atoms with E-state index in [1.165, 1.54) is 12.5 Å². The molecular formula is C39H58N14O10S2. The highest BCUT2D eigenvalue weighted by molar-refractivity contribution is 7.80. The number of carboxylic acid groups (broad SMARTS) is 2. The molecule has 2 aromatic heterocycles. The van der Waals surface area contributed by atoms with Crippen LogP contribution in [0.5, 0.6) is 0 Å². The van der Waals surface area contributed by atoms with Crippen molar-refractivity contribution >= 4 is 89.5 Å². The zero-order chi connectivity index (χ0) is 48.1. The zero-order valence-corrected chi connectivity index (χ0v) is 37.1. The van der Waals surface area contributed by atoms with Crippen LogP contribution in [0.2, 0.25) is 0 Å². The average Bonchev–Trinajstić information content (AvgIpc) is 3.94. The van der Waals surface area contributed by atoms with Gasteiger partial charge >= 0.3 is 11.9 Å². The summed E-state index contributed by atoms with van der Waals surface area (Å²) in [7, 11) is 0. The number of guanidine groups is 1. The Morgan fingerprint density at radius 3 is 1.82 bits per heavy atom. The maximum atomic E-state index is 14.2. The number of aliphatic carboxylic acids is 2. The number of nitrogens with zero attached hydrogens (tertiary/aromatic N) is 2. The molecule has 2 heterocycles. The lowest BCUT2D eigenvalue weighted by atomic mass is 10.0. The Bertz CT molecular complexity index is 2120. The Labute approximate surface area is 384 Å². The first kappa shape index (κ1) is 53.0. The fraction of sp³-hybridized carbons (Fsp3) is 0.487. The lowest BCUT2D eigenvalue weighted by molar-refractivity contribution is -0.143. The van der Waals surface area contributed by atoms with Gasteiger partial charge in [0.15, 0.2) is 5.96 Å². The lowest BCUT2D eigenvalue weighted by Gasteiger charge is -2.27. The summed E-state index contributed by atoms with van der Waals surface area (Å²) in [5.74, 6) is -8.86. The Balaban J connectivity index is 1.94. The largest absolute Gasteiger partial charge is 0.481 e. The molecule has 3 rings (SSSR count). The molecule has 0 unspecified atom stereocenters. The van der Waals surface area contributed by atoms with E-state index in [0.29, 0.717) is 24.1 Å². The van der Waals surface area contributed by atoms with E-state index in [9.17, 15) is 48.6 Å². The minimum atomic E-state index is -1.79. The van der Waals surface area contributed by atoms with E-state index in [0.717, 1.165) is 10.9 Å². The average molecular weight is 947 g/mol. The highest BCUT2D eigenvalue weighted by Crippen LogP contribution is 2.19. The molecule has 0 saturated heterocycles. The fourth-order valence-corrected chi connectivity index (χ4v) is 6.80. The third kappa shape index (κ3) is 17.6. The van der Waals surface area contributed by atoms with Crippen molar-refractivity contribution in [1.82, 2.24) is 46.9 Å². The number of aromatic nitrogens is 3. The van der Waals surface area contributed by atoms with Crippen LogP contribution in [0.4, 0.5) is 0 Å². The number of carbonyl (C=O) groups excluding carboxylic acids is 6. The van der Waals surface area contributed by atoms with Gasteiger partial charge in [0.1, 0.15) is 36.3 Å². The highest BCUT2D eigenvalue weighted by atomic mass is 32.1. The minimum absolute atomic E-state index is 0.00690. The number of carbonyl (C=O) groups is 8. The van der Waals surface area contributed by atoms with Crippen molar-refractivity contribution < 1.29 is 48.6 Å². The second-order valence-electron chi connectivity index (χ2n) is 14.9. The first-order valence-electron chi connectivity index (χ1n) is 20.5. The smallest absolute Gasteiger partial charge is 0.327 e. The van der Waals surface area contributed by atoms with Crippen LogP contribution in [0.3, 0.4) is 0 Å². The molecule has 6 amide bonds. The van der Waals surface area contributed by atoms with Crippen LogP contribution in [0.25, 0.3) is 10.9 Å². The number of thiol groups is 2. The Morgan fingerprint density at radius 1 is 0.692 bits per heavy atom. The highest BCUT2D eigenvalue weighted by Gasteiger charge is 2.34. The maximum absolute atomic E-state index is 14.2. The first-order valence-corrected chi connectivity index (χ1v) is 21.8. The van der Waals surface area contributed by atoms with E-state index in [2.05, 4.69) is 77.1 Å². The number of aromatic amines is 2. The standard InChI is InChI=1S/C39H58N14O10S2/c40-10-4-3-8-25(34(58)51-28(13-21-16-44-19-47-21)36(60)52-29(14-31(54)55)37(61)53-30(18-65)38(62)63)48-33(57)26(9-5-11-45-39(42)43)49-35(59)27(50-32(56)23(41)17-64)12-20-15-46-24-7-2-1-6-22(20)24/h1-2,6-7,15-16,19,23,25-30,46,64-65H,3-5,8-14,17-18,40-41H2,(H,44,47)(H,48,57)(H,49,59)(H,50,56)(H,51,58)(H,52,60)(H,53,61)(H,54,55)(H,62,63)(H4,42,43,45)/t23-,25-,26-,27-,28-,29-,30-/m0/s1. The summed E-state index contributed by atoms with van der Waals surface area (Å²) >= 11 is 7.99. The number of hydrogen-bond acceptors (Lipinski definition) is 14. The lowest BCUT2D eigenvalue weighted by Crippen LogP contribution is -2.60. The number of H-pyrrole nitrogens is 2. The van der Waals surface area contributed by atoms with Gasteiger partial charge < -0.3 is 75.0 Å². The number of aliphatic imine (C=N–C) groups is 1. The van der Waals surface area contributed by atoms with Crippen LogP contribution in [0.15, 0.2) is 48.0 Å². The molecule has 65 heavy (non-hydrogen) atoms. The van der Waals surface area contributed by atoms with E-state index in [-0.39, 0.29) is 62.7 Å². The van der Waals surface area contributed by atoms with Crippen molar-refractivity contribution in [3.8, 4) is 0 Å². The van der Waals surface area contributed by atoms with Crippen molar-refractivity contribution in [2.45, 2.75) is 93.7 Å². The number of carboxylic acids is 2. The Morgan fingerprint density at radius 2 is 1.25 bits per heavy atom. The van der Waals surface area contributed by atoms with Crippen molar-refractivity contribution in [3.63, 3.8) is 0 Å². The second-order valence-corrected chi connectivity index (χ2v) is 15.6. The number of nitrogens with one attached hydrogen (secondary N) is 8. The SMILES string of the molecule is NCCCC[C@H](NC(=O)[C@H](CCCN=C(N)N)NC(=O)[C@H](Cc1c[nH]c2ccccc12)NC(=O)[C@@H](N)CS)C(=O)N[C@@H](Cc1cnc[nH]1)C(=O)N[C@@H](CC(=O)O)C(=O)N[C@@H](CS)C(=O)O. The van der Waals surface area contributed by atoms with Crippen LogP contribution < -0.4 is 54.8 Å². The van der Waals surface area contributed by atoms with E-state index in [4.69, 9.17) is 22.9 Å². The molecule has 24 nitrogen and oxygen atoms in total. The molecule has 0 radical (unpaired) electrons. The van der Waals surface area contributed by atoms with Gasteiger partial charge in [0.25, 0.3) is 0 Å². The summed E-state index contributed by atoms with van der Waals surface area (Å²) in [6, 6.07) is -2.52. The summed E-state index contributed by atoms with van der Waals surface area (Å²) in [6.07, 6.45) is 3.97. The molecule has 7 atom stereocenters. The number of imidazole rings is 1. The van der Waals surface area contributed by atoms with Gasteiger partial charge in [0.05, 0.1) is 18.8 Å². The summed E-state index contributed by atoms with van der Waals surface area (Å²) in [6.45, 7) is 0.297. The number of amides is 6. The van der Waals surface area contributed by atoms with E-state index < -0.39 is 96.1 Å². The monoisotopic (exact) mass is 946 g/mol. The van der Waals surface area contributed by atoms with E-state index in [1.54, 1.807) is 6.20 Å². The van der Waals surface area contributed by atoms with Crippen LogP contribution in [0.1, 0.15) is 49.8 Å². The number of unbranched alkanes of at least 4 members (excludes halogenated alkanes) is 1. The van der Waals surface area contributed by atoms with Crippen LogP contribution in [0, 0.1) is 0 Å². The third-order valence-electron chi connectivity index (χ3n) is 9.84. The molecule has 0 aliphatic carbocycles. The number of fused-ring (bicyclic) bond motifs is 1. The number of rotatable bonds is 29. The molecule has 356 valence electrons. The fourth-order valence-electron chi connectivity index (χ4n) is 6.38. The number of nitrogens with two attached hydrogens (primary N) is 4. The number of para-hydroxylation sites is 1. The summed E-state index contributed by atoms with van der Waals surface area (Å²) in [4.78, 5) is 119. The molecule has 3 aromatic rings. The summed E-state index contributed by atoms with van der Waals surface area (Å²) in [5, 5.41) is 34.7. The number of hydrogen-bond donors (Lipinski definition) is 16. The second kappa shape index (κ2) is 27.1. The molecule has 26 heteroatoms. The van der Waals surface area contributed by atoms with Crippen molar-refractivity contribution in [2.24, 2.45) is 27.9 Å². The molecular weight excluding hydrogens is 889 g/mol. The van der Waals surface area contributed by atoms with Crippen molar-refractivity contribution in [1.29, 1.82) is 0 Å². The molecule has 0 bridgehead atoms. The minimum Gasteiger partial charge on any atom is -0.481 e. The van der Waals surface area contributed by atoms with Crippen molar-refractivity contribution in [3.05, 3.63) is 54.2 Å². The molecule has 0 spiro atoms. The van der Waals surface area contributed by atoms with Gasteiger partial charge in [0, 0.05) is 59.9 Å². The molecule has 0 aliphatic heterocycles. The van der Waals surface area contributed by atoms with Crippen LogP contribution in [-0.2, 0) is 51.2 Å². The zero-order valence-electron chi connectivity index (χ0n) is 35.3. The third-order valence-corrected chi connectivity index (χ3v) is 10.6. The van der Waals surface area contributed by atoms with Gasteiger partial charge in [-0.15, -0.1) is 0 Å². The summed E-state index contributed by atoms with van der Waals surface area (Å²) in [5.41, 5.74) is 24.5. The van der Waals surface area contributed by atoms with Gasteiger partial charge in [-0.1, -0.05) is 18.2 Å². The molecule has 0 aliphatic rings. The summed E-state index contributed by atoms with van der Waals surface area (Å²) < 4.78 is 0. The van der Waals surface area contributed by atoms with Gasteiger partial charge in [-0.05, 0) is 50.3 Å². The molecule has 0 fully saturated rings. The quantitative estimate of drug-likeness (QED) is 0.0139. The van der Waals surface area contributed by atoms with Crippen LogP contribution >= 0.6 is 25.3 Å². The van der Waals surface area contributed by atoms with E-state index >= 15 is 0 Å². The van der Waals surface area contributed by atoms with Gasteiger partial charge in [-0.25, -0.2) is 9.78 Å². The Hall–Kier alpha value is -6.38. The Kier molecular flexibility index (Phi) is 22.0. The topological polar surface area (TPSA) is 410 Å². The predicted octanol–water partition coefficient (Wildman–Crippen LogP) is -3.49. The van der Waals surface area contributed by atoms with Crippen molar-refractivity contribution in [2.75, 3.05) is 24.6 Å². The molecule has 1 aromatic carbocycles. The normalized spacial score (nSPS) is 14.3. The predicted molar refractivity (Wildman–Crippen MR) is 244 cm³/mol. The van der Waals surface area contributed by atoms with Gasteiger partial charge in [0.2, 0.25) is 35.4 Å². The molecule has 0 saturated carbocycles. The van der Waals surface area contributed by atoms with Gasteiger partial charge in [-0.3, -0.25) is 38.6 Å².